The number of methoxy groups -OCH3 is 1. The van der Waals surface area contributed by atoms with Gasteiger partial charge in [0.2, 0.25) is 5.91 Å². The summed E-state index contributed by atoms with van der Waals surface area (Å²) < 4.78 is 24.4. The molecule has 0 unspecified atom stereocenters. The molecule has 0 aliphatic carbocycles. The van der Waals surface area contributed by atoms with Gasteiger partial charge in [0.05, 0.1) is 19.4 Å². The van der Waals surface area contributed by atoms with Crippen molar-refractivity contribution in [3.05, 3.63) is 58.3 Å². The molecule has 1 N–H and O–H groups in total. The number of nitrogens with one attached hydrogen (secondary N) is 1. The van der Waals surface area contributed by atoms with Crippen molar-refractivity contribution in [3.8, 4) is 11.5 Å². The number of hydrogen-bond acceptors (Lipinski definition) is 3. The minimum Gasteiger partial charge on any atom is -0.493 e. The zero-order chi connectivity index (χ0) is 18.2. The van der Waals surface area contributed by atoms with Crippen LogP contribution in [0.25, 0.3) is 6.08 Å². The molecule has 0 aliphatic heterocycles. The smallest absolute Gasteiger partial charge is 0.248 e. The van der Waals surface area contributed by atoms with E-state index in [0.29, 0.717) is 28.3 Å². The highest BCUT2D eigenvalue weighted by Crippen LogP contribution is 2.29. The molecule has 0 saturated carbocycles. The molecule has 2 rings (SSSR count). The predicted molar refractivity (Wildman–Crippen MR) is 101 cm³/mol. The predicted octanol–water partition coefficient (Wildman–Crippen LogP) is 5.04. The monoisotopic (exact) mass is 407 g/mol. The number of halogens is 2. The van der Waals surface area contributed by atoms with Crippen molar-refractivity contribution in [2.75, 3.05) is 19.0 Å². The van der Waals surface area contributed by atoms with Crippen molar-refractivity contribution in [1.29, 1.82) is 0 Å². The van der Waals surface area contributed by atoms with Gasteiger partial charge >= 0.3 is 0 Å². The maximum atomic E-state index is 13.1. The van der Waals surface area contributed by atoms with Gasteiger partial charge in [-0.3, -0.25) is 4.79 Å². The van der Waals surface area contributed by atoms with Crippen LogP contribution >= 0.6 is 15.9 Å². The summed E-state index contributed by atoms with van der Waals surface area (Å²) in [7, 11) is 1.57. The van der Waals surface area contributed by atoms with E-state index in [2.05, 4.69) is 21.2 Å². The Balaban J connectivity index is 2.06. The molecule has 0 aliphatic rings. The zero-order valence-electron chi connectivity index (χ0n) is 14.0. The Morgan fingerprint density at radius 3 is 2.72 bits per heavy atom. The molecule has 132 valence electrons. The Bertz CT molecular complexity index is 777. The maximum Gasteiger partial charge on any atom is 0.248 e. The molecule has 2 aromatic rings. The molecular formula is C19H19BrFNO3. The van der Waals surface area contributed by atoms with Gasteiger partial charge in [-0.15, -0.1) is 0 Å². The van der Waals surface area contributed by atoms with Gasteiger partial charge < -0.3 is 14.8 Å². The van der Waals surface area contributed by atoms with Gasteiger partial charge in [0, 0.05) is 10.5 Å². The molecule has 4 nitrogen and oxygen atoms in total. The fraction of sp³-hybridized carbons (Fsp3) is 0.211. The number of hydrogen-bond donors (Lipinski definition) is 1. The van der Waals surface area contributed by atoms with Crippen molar-refractivity contribution in [2.24, 2.45) is 0 Å². The lowest BCUT2D eigenvalue weighted by atomic mass is 10.2. The van der Waals surface area contributed by atoms with E-state index in [9.17, 15) is 9.18 Å². The largest absolute Gasteiger partial charge is 0.493 e. The highest BCUT2D eigenvalue weighted by atomic mass is 79.9. The van der Waals surface area contributed by atoms with E-state index < -0.39 is 0 Å². The third-order valence-corrected chi connectivity index (χ3v) is 3.92. The average Bonchev–Trinajstić information content (AvgIpc) is 2.60. The summed E-state index contributed by atoms with van der Waals surface area (Å²) in [6.07, 6.45) is 3.97. The van der Waals surface area contributed by atoms with Gasteiger partial charge in [0.1, 0.15) is 5.82 Å². The molecule has 0 aromatic heterocycles. The van der Waals surface area contributed by atoms with Crippen LogP contribution in [0.4, 0.5) is 10.1 Å². The van der Waals surface area contributed by atoms with Crippen molar-refractivity contribution in [1.82, 2.24) is 0 Å². The summed E-state index contributed by atoms with van der Waals surface area (Å²) in [5.74, 6) is 0.578. The highest BCUT2D eigenvalue weighted by molar-refractivity contribution is 9.10. The molecule has 0 radical (unpaired) electrons. The van der Waals surface area contributed by atoms with Gasteiger partial charge in [-0.25, -0.2) is 4.39 Å². The van der Waals surface area contributed by atoms with Gasteiger partial charge in [-0.05, 0) is 64.3 Å². The Morgan fingerprint density at radius 2 is 2.04 bits per heavy atom. The van der Waals surface area contributed by atoms with Crippen molar-refractivity contribution >= 4 is 33.6 Å². The second-order valence-electron chi connectivity index (χ2n) is 5.21. The van der Waals surface area contributed by atoms with E-state index in [1.165, 1.54) is 24.3 Å². The molecule has 0 atom stereocenters. The molecule has 0 spiro atoms. The van der Waals surface area contributed by atoms with E-state index in [-0.39, 0.29) is 11.7 Å². The summed E-state index contributed by atoms with van der Waals surface area (Å²) in [6.45, 7) is 2.64. The van der Waals surface area contributed by atoms with E-state index in [1.807, 2.05) is 19.1 Å². The fourth-order valence-corrected chi connectivity index (χ4v) is 2.51. The number of anilines is 1. The number of benzene rings is 2. The topological polar surface area (TPSA) is 47.6 Å². The number of carbonyl (C=O) groups excluding carboxylic acids is 1. The Labute approximate surface area is 154 Å². The highest BCUT2D eigenvalue weighted by Gasteiger charge is 2.06. The minimum absolute atomic E-state index is 0.322. The third-order valence-electron chi connectivity index (χ3n) is 3.27. The maximum absolute atomic E-state index is 13.1. The van der Waals surface area contributed by atoms with Crippen LogP contribution in [0, 0.1) is 5.82 Å². The molecule has 6 heteroatoms. The summed E-state index contributed by atoms with van der Waals surface area (Å²) in [6, 6.07) is 9.51. The number of carbonyl (C=O) groups is 1. The average molecular weight is 408 g/mol. The van der Waals surface area contributed by atoms with Gasteiger partial charge in [-0.2, -0.15) is 0 Å². The molecule has 0 saturated heterocycles. The van der Waals surface area contributed by atoms with Crippen LogP contribution in [0.3, 0.4) is 0 Å². The van der Waals surface area contributed by atoms with Crippen molar-refractivity contribution in [3.63, 3.8) is 0 Å². The molecule has 0 fully saturated rings. The lowest BCUT2D eigenvalue weighted by Crippen LogP contribution is -2.08. The SMILES string of the molecule is CCCOc1ccc(/C=C/C(=O)Nc2ccc(F)cc2Br)cc1OC. The lowest BCUT2D eigenvalue weighted by molar-refractivity contribution is -0.111. The van der Waals surface area contributed by atoms with E-state index in [1.54, 1.807) is 19.3 Å². The quantitative estimate of drug-likeness (QED) is 0.654. The van der Waals surface area contributed by atoms with Gasteiger partial charge in [-0.1, -0.05) is 13.0 Å². The normalized spacial score (nSPS) is 10.7. The Morgan fingerprint density at radius 1 is 1.24 bits per heavy atom. The Hall–Kier alpha value is -2.34. The summed E-state index contributed by atoms with van der Waals surface area (Å²) in [5, 5.41) is 2.68. The molecular weight excluding hydrogens is 389 g/mol. The van der Waals surface area contributed by atoms with Crippen LogP contribution in [0.5, 0.6) is 11.5 Å². The Kier molecular flexibility index (Phi) is 7.01. The summed E-state index contributed by atoms with van der Waals surface area (Å²) in [4.78, 5) is 12.0. The third kappa shape index (κ3) is 5.60. The first-order chi connectivity index (χ1) is 12.0. The van der Waals surface area contributed by atoms with Crippen molar-refractivity contribution in [2.45, 2.75) is 13.3 Å². The zero-order valence-corrected chi connectivity index (χ0v) is 15.6. The van der Waals surface area contributed by atoms with Crippen LogP contribution < -0.4 is 14.8 Å². The van der Waals surface area contributed by atoms with Crippen LogP contribution in [0.2, 0.25) is 0 Å². The van der Waals surface area contributed by atoms with Crippen LogP contribution in [-0.2, 0) is 4.79 Å². The lowest BCUT2D eigenvalue weighted by Gasteiger charge is -2.10. The first kappa shape index (κ1) is 19.0. The van der Waals surface area contributed by atoms with Crippen LogP contribution in [0.15, 0.2) is 46.9 Å². The molecule has 0 heterocycles. The van der Waals surface area contributed by atoms with E-state index in [0.717, 1.165) is 12.0 Å². The molecule has 2 aromatic carbocycles. The van der Waals surface area contributed by atoms with E-state index >= 15 is 0 Å². The van der Waals surface area contributed by atoms with Crippen LogP contribution in [-0.4, -0.2) is 19.6 Å². The fourth-order valence-electron chi connectivity index (χ4n) is 2.06. The first-order valence-electron chi connectivity index (χ1n) is 7.78. The summed E-state index contributed by atoms with van der Waals surface area (Å²) in [5.41, 5.74) is 1.30. The minimum atomic E-state index is -0.377. The van der Waals surface area contributed by atoms with Crippen molar-refractivity contribution < 1.29 is 18.7 Å². The van der Waals surface area contributed by atoms with Gasteiger partial charge in [0.25, 0.3) is 0 Å². The number of rotatable bonds is 7. The second kappa shape index (κ2) is 9.22. The summed E-state index contributed by atoms with van der Waals surface area (Å²) >= 11 is 3.21. The van der Waals surface area contributed by atoms with Crippen LogP contribution in [0.1, 0.15) is 18.9 Å². The van der Waals surface area contributed by atoms with E-state index in [4.69, 9.17) is 9.47 Å². The number of ether oxygens (including phenoxy) is 2. The standard InChI is InChI=1S/C19H19BrFNO3/c1-3-10-25-17-8-4-13(11-18(17)24-2)5-9-19(23)22-16-7-6-14(21)12-15(16)20/h4-9,11-12H,3,10H2,1-2H3,(H,22,23)/b9-5+. The molecule has 25 heavy (non-hydrogen) atoms. The second-order valence-corrected chi connectivity index (χ2v) is 6.06. The molecule has 1 amide bonds. The number of amides is 1. The molecule has 0 bridgehead atoms. The first-order valence-corrected chi connectivity index (χ1v) is 8.57. The van der Waals surface area contributed by atoms with Gasteiger partial charge in [0.15, 0.2) is 11.5 Å².